The Bertz CT molecular complexity index is 1190. The Morgan fingerprint density at radius 2 is 1.51 bits per heavy atom. The molecule has 2 amide bonds. The molecular weight excluding hydrogens is 442 g/mol. The predicted molar refractivity (Wildman–Crippen MR) is 134 cm³/mol. The maximum atomic E-state index is 13.1. The number of amides is 2. The first-order chi connectivity index (χ1) is 17.1. The van der Waals surface area contributed by atoms with Crippen LogP contribution in [0.3, 0.4) is 0 Å². The molecule has 5 rings (SSSR count). The number of hydrogen-bond donors (Lipinski definition) is 1. The number of rotatable bonds is 5. The van der Waals surface area contributed by atoms with Crippen molar-refractivity contribution in [3.8, 4) is 22.6 Å². The van der Waals surface area contributed by atoms with Gasteiger partial charge in [0, 0.05) is 37.4 Å². The van der Waals surface area contributed by atoms with E-state index in [-0.39, 0.29) is 24.5 Å². The van der Waals surface area contributed by atoms with E-state index in [0.29, 0.717) is 37.7 Å². The molecule has 3 aromatic carbocycles. The van der Waals surface area contributed by atoms with Crippen molar-refractivity contribution in [3.63, 3.8) is 0 Å². The number of piperazine rings is 1. The summed E-state index contributed by atoms with van der Waals surface area (Å²) in [5, 5.41) is 3.10. The maximum Gasteiger partial charge on any atom is 0.267 e. The van der Waals surface area contributed by atoms with Crippen molar-refractivity contribution < 1.29 is 19.1 Å². The van der Waals surface area contributed by atoms with E-state index in [4.69, 9.17) is 9.47 Å². The quantitative estimate of drug-likeness (QED) is 0.615. The van der Waals surface area contributed by atoms with Gasteiger partial charge in [-0.05, 0) is 30.7 Å². The molecule has 2 atom stereocenters. The van der Waals surface area contributed by atoms with E-state index in [0.717, 1.165) is 16.8 Å². The molecule has 35 heavy (non-hydrogen) atoms. The molecule has 0 aliphatic carbocycles. The van der Waals surface area contributed by atoms with Crippen LogP contribution in [-0.4, -0.2) is 66.5 Å². The summed E-state index contributed by atoms with van der Waals surface area (Å²) in [6.45, 7) is 4.43. The summed E-state index contributed by atoms with van der Waals surface area (Å²) in [6.07, 6.45) is -0.647. The smallest absolute Gasteiger partial charge is 0.267 e. The van der Waals surface area contributed by atoms with Gasteiger partial charge in [-0.2, -0.15) is 0 Å². The number of carbonyl (C=O) groups excluding carboxylic acids is 2. The minimum atomic E-state index is -0.647. The molecule has 0 saturated carbocycles. The van der Waals surface area contributed by atoms with Crippen molar-refractivity contribution in [2.24, 2.45) is 0 Å². The monoisotopic (exact) mass is 471 g/mol. The molecule has 0 aromatic heterocycles. The molecule has 1 saturated heterocycles. The standard InChI is InChI=1S/C28H29N3O4/c1-20(27(32)29-23-12-6-5-11-22(23)21-9-3-2-4-10-21)30-15-17-31(18-16-30)28(33)26-19-34-24-13-7-8-14-25(24)35-26/h2-14,20,26H,15-19H2,1H3,(H,29,32). The van der Waals surface area contributed by atoms with Gasteiger partial charge in [0.1, 0.15) is 6.61 Å². The molecule has 0 radical (unpaired) electrons. The normalized spacial score (nSPS) is 18.5. The zero-order valence-electron chi connectivity index (χ0n) is 19.7. The number of anilines is 1. The molecule has 3 aromatic rings. The van der Waals surface area contributed by atoms with Crippen molar-refractivity contribution in [1.29, 1.82) is 0 Å². The lowest BCUT2D eigenvalue weighted by atomic mass is 10.0. The predicted octanol–water partition coefficient (Wildman–Crippen LogP) is 3.66. The third-order valence-electron chi connectivity index (χ3n) is 6.61. The molecule has 2 heterocycles. The van der Waals surface area contributed by atoms with Crippen LogP contribution in [0.2, 0.25) is 0 Å². The average molecular weight is 472 g/mol. The lowest BCUT2D eigenvalue weighted by Crippen LogP contribution is -2.57. The van der Waals surface area contributed by atoms with Gasteiger partial charge in [-0.3, -0.25) is 14.5 Å². The molecule has 2 aliphatic rings. The number of hydrogen-bond acceptors (Lipinski definition) is 5. The Labute approximate surface area is 205 Å². The van der Waals surface area contributed by atoms with Crippen molar-refractivity contribution in [2.45, 2.75) is 19.1 Å². The van der Waals surface area contributed by atoms with Gasteiger partial charge >= 0.3 is 0 Å². The van der Waals surface area contributed by atoms with E-state index < -0.39 is 6.10 Å². The van der Waals surface area contributed by atoms with E-state index in [9.17, 15) is 9.59 Å². The largest absolute Gasteiger partial charge is 0.485 e. The Hall–Kier alpha value is -3.84. The van der Waals surface area contributed by atoms with Crippen LogP contribution >= 0.6 is 0 Å². The highest BCUT2D eigenvalue weighted by Crippen LogP contribution is 2.31. The number of para-hydroxylation sites is 3. The minimum absolute atomic E-state index is 0.0613. The molecular formula is C28H29N3O4. The summed E-state index contributed by atoms with van der Waals surface area (Å²) < 4.78 is 11.6. The van der Waals surface area contributed by atoms with E-state index >= 15 is 0 Å². The first-order valence-corrected chi connectivity index (χ1v) is 12.0. The van der Waals surface area contributed by atoms with Crippen LogP contribution in [0, 0.1) is 0 Å². The number of fused-ring (bicyclic) bond motifs is 1. The van der Waals surface area contributed by atoms with Gasteiger partial charge in [0.25, 0.3) is 5.91 Å². The average Bonchev–Trinajstić information content (AvgIpc) is 2.93. The lowest BCUT2D eigenvalue weighted by Gasteiger charge is -2.39. The summed E-state index contributed by atoms with van der Waals surface area (Å²) in [5.74, 6) is 1.12. The Morgan fingerprint density at radius 3 is 2.29 bits per heavy atom. The van der Waals surface area contributed by atoms with Crippen molar-refractivity contribution in [2.75, 3.05) is 38.1 Å². The third-order valence-corrected chi connectivity index (χ3v) is 6.61. The van der Waals surface area contributed by atoms with Gasteiger partial charge in [0.05, 0.1) is 6.04 Å². The number of benzene rings is 3. The van der Waals surface area contributed by atoms with Crippen LogP contribution in [0.1, 0.15) is 6.92 Å². The van der Waals surface area contributed by atoms with Crippen molar-refractivity contribution in [3.05, 3.63) is 78.9 Å². The first-order valence-electron chi connectivity index (χ1n) is 12.0. The first kappa shape index (κ1) is 22.9. The van der Waals surface area contributed by atoms with E-state index in [2.05, 4.69) is 10.2 Å². The summed E-state index contributed by atoms with van der Waals surface area (Å²) in [4.78, 5) is 30.0. The SMILES string of the molecule is CC(C(=O)Nc1ccccc1-c1ccccc1)N1CCN(C(=O)C2COc3ccccc3O2)CC1. The second-order valence-corrected chi connectivity index (χ2v) is 8.80. The lowest BCUT2D eigenvalue weighted by molar-refractivity contribution is -0.143. The van der Waals surface area contributed by atoms with Gasteiger partial charge < -0.3 is 19.7 Å². The fourth-order valence-electron chi connectivity index (χ4n) is 4.54. The molecule has 7 nitrogen and oxygen atoms in total. The fourth-order valence-corrected chi connectivity index (χ4v) is 4.54. The summed E-state index contributed by atoms with van der Waals surface area (Å²) in [6, 6.07) is 24.9. The second-order valence-electron chi connectivity index (χ2n) is 8.80. The highest BCUT2D eigenvalue weighted by molar-refractivity contribution is 5.98. The van der Waals surface area contributed by atoms with Gasteiger partial charge in [0.2, 0.25) is 12.0 Å². The Balaban J connectivity index is 1.17. The highest BCUT2D eigenvalue weighted by atomic mass is 16.6. The maximum absolute atomic E-state index is 13.1. The molecule has 1 N–H and O–H groups in total. The zero-order valence-corrected chi connectivity index (χ0v) is 19.7. The third kappa shape index (κ3) is 5.00. The van der Waals surface area contributed by atoms with Crippen LogP contribution in [0.4, 0.5) is 5.69 Å². The van der Waals surface area contributed by atoms with E-state index in [1.165, 1.54) is 0 Å². The highest BCUT2D eigenvalue weighted by Gasteiger charge is 2.34. The van der Waals surface area contributed by atoms with E-state index in [1.807, 2.05) is 85.8 Å². The number of nitrogens with one attached hydrogen (secondary N) is 1. The molecule has 1 fully saturated rings. The summed E-state index contributed by atoms with van der Waals surface area (Å²) >= 11 is 0. The van der Waals surface area contributed by atoms with Gasteiger partial charge in [-0.1, -0.05) is 60.7 Å². The number of nitrogens with zero attached hydrogens (tertiary/aromatic N) is 2. The summed E-state index contributed by atoms with van der Waals surface area (Å²) in [7, 11) is 0. The zero-order chi connectivity index (χ0) is 24.2. The summed E-state index contributed by atoms with van der Waals surface area (Å²) in [5.41, 5.74) is 2.83. The number of ether oxygens (including phenoxy) is 2. The molecule has 7 heteroatoms. The Morgan fingerprint density at radius 1 is 0.857 bits per heavy atom. The Kier molecular flexibility index (Phi) is 6.68. The molecule has 180 valence electrons. The topological polar surface area (TPSA) is 71.1 Å². The van der Waals surface area contributed by atoms with E-state index in [1.54, 1.807) is 4.90 Å². The van der Waals surface area contributed by atoms with Gasteiger partial charge in [0.15, 0.2) is 11.5 Å². The van der Waals surface area contributed by atoms with Crippen LogP contribution in [0.5, 0.6) is 11.5 Å². The number of carbonyl (C=O) groups is 2. The minimum Gasteiger partial charge on any atom is -0.485 e. The van der Waals surface area contributed by atoms with Crippen LogP contribution in [0.25, 0.3) is 11.1 Å². The van der Waals surface area contributed by atoms with Crippen molar-refractivity contribution in [1.82, 2.24) is 9.80 Å². The van der Waals surface area contributed by atoms with Gasteiger partial charge in [-0.15, -0.1) is 0 Å². The van der Waals surface area contributed by atoms with Gasteiger partial charge in [-0.25, -0.2) is 0 Å². The molecule has 0 bridgehead atoms. The molecule has 2 aliphatic heterocycles. The molecule has 2 unspecified atom stereocenters. The fraction of sp³-hybridized carbons (Fsp3) is 0.286. The molecule has 0 spiro atoms. The van der Waals surface area contributed by atoms with Crippen molar-refractivity contribution >= 4 is 17.5 Å². The van der Waals surface area contributed by atoms with Crippen LogP contribution < -0.4 is 14.8 Å². The second kappa shape index (κ2) is 10.2. The van der Waals surface area contributed by atoms with Crippen LogP contribution in [0.15, 0.2) is 78.9 Å². The van der Waals surface area contributed by atoms with Crippen LogP contribution in [-0.2, 0) is 9.59 Å².